The fraction of sp³-hybridized carbons (Fsp3) is 0.714. The van der Waals surface area contributed by atoms with Gasteiger partial charge in [0, 0.05) is 12.3 Å². The summed E-state index contributed by atoms with van der Waals surface area (Å²) < 4.78 is 0. The van der Waals surface area contributed by atoms with Gasteiger partial charge in [0.15, 0.2) is 0 Å². The van der Waals surface area contributed by atoms with Crippen LogP contribution in [-0.2, 0) is 4.79 Å². The second-order valence-corrected chi connectivity index (χ2v) is 3.85. The molecule has 1 atom stereocenters. The van der Waals surface area contributed by atoms with Crippen molar-refractivity contribution in [2.75, 3.05) is 18.2 Å². The molecule has 0 saturated carbocycles. The average molecular weight is 186 g/mol. The molecule has 66 valence electrons. The van der Waals surface area contributed by atoms with E-state index in [1.54, 1.807) is 16.7 Å². The number of imide groups is 1. The van der Waals surface area contributed by atoms with Gasteiger partial charge in [-0.25, -0.2) is 4.79 Å². The summed E-state index contributed by atoms with van der Waals surface area (Å²) in [5.41, 5.74) is 0. The first-order chi connectivity index (χ1) is 5.75. The van der Waals surface area contributed by atoms with Crippen LogP contribution in [0.25, 0.3) is 0 Å². The lowest BCUT2D eigenvalue weighted by Crippen LogP contribution is -2.32. The molecule has 0 aromatic heterocycles. The van der Waals surface area contributed by atoms with Gasteiger partial charge >= 0.3 is 6.03 Å². The number of urea groups is 1. The predicted molar refractivity (Wildman–Crippen MR) is 45.7 cm³/mol. The van der Waals surface area contributed by atoms with Crippen molar-refractivity contribution in [2.24, 2.45) is 0 Å². The molecule has 0 spiro atoms. The fourth-order valence-corrected chi connectivity index (χ4v) is 2.69. The van der Waals surface area contributed by atoms with Crippen LogP contribution in [0.5, 0.6) is 0 Å². The van der Waals surface area contributed by atoms with E-state index < -0.39 is 0 Å². The third kappa shape index (κ3) is 0.857. The molecular weight excluding hydrogens is 176 g/mol. The van der Waals surface area contributed by atoms with Crippen molar-refractivity contribution in [1.82, 2.24) is 9.80 Å². The van der Waals surface area contributed by atoms with Gasteiger partial charge in [-0.15, -0.1) is 11.8 Å². The molecular formula is C7H10N2O2S. The molecule has 2 saturated heterocycles. The first-order valence-corrected chi connectivity index (χ1v) is 5.11. The molecule has 2 rings (SSSR count). The number of hydrogen-bond donors (Lipinski definition) is 0. The third-order valence-electron chi connectivity index (χ3n) is 2.23. The molecule has 0 aromatic rings. The molecule has 4 nitrogen and oxygen atoms in total. The van der Waals surface area contributed by atoms with Crippen molar-refractivity contribution < 1.29 is 9.59 Å². The minimum absolute atomic E-state index is 0.0208. The minimum atomic E-state index is -0.164. The summed E-state index contributed by atoms with van der Waals surface area (Å²) in [7, 11) is 0. The zero-order valence-corrected chi connectivity index (χ0v) is 7.63. The lowest BCUT2D eigenvalue weighted by Gasteiger charge is -2.12. The maximum absolute atomic E-state index is 11.5. The summed E-state index contributed by atoms with van der Waals surface area (Å²) in [5, 5.41) is 0. The van der Waals surface area contributed by atoms with Crippen molar-refractivity contribution in [3.8, 4) is 0 Å². The molecule has 0 aromatic carbocycles. The smallest absolute Gasteiger partial charge is 0.302 e. The van der Waals surface area contributed by atoms with Crippen molar-refractivity contribution in [2.45, 2.75) is 13.0 Å². The highest BCUT2D eigenvalue weighted by Gasteiger charge is 2.46. The monoisotopic (exact) mass is 186 g/mol. The van der Waals surface area contributed by atoms with Gasteiger partial charge in [-0.2, -0.15) is 0 Å². The standard InChI is InChI=1S/C7H10N2O2S/c1-2-8-6(10)5-3-12-4-9(5)7(8)11/h5H,2-4H2,1H3/t5-/m0/s1. The number of hydrogen-bond acceptors (Lipinski definition) is 3. The number of carbonyl (C=O) groups is 2. The highest BCUT2D eigenvalue weighted by Crippen LogP contribution is 2.28. The van der Waals surface area contributed by atoms with E-state index >= 15 is 0 Å². The summed E-state index contributed by atoms with van der Waals surface area (Å²) in [6.07, 6.45) is 0. The highest BCUT2D eigenvalue weighted by atomic mass is 32.2. The van der Waals surface area contributed by atoms with Crippen molar-refractivity contribution >= 4 is 23.7 Å². The molecule has 2 fully saturated rings. The lowest BCUT2D eigenvalue weighted by atomic mass is 10.3. The fourth-order valence-electron chi connectivity index (χ4n) is 1.56. The van der Waals surface area contributed by atoms with E-state index in [4.69, 9.17) is 0 Å². The number of fused-ring (bicyclic) bond motifs is 1. The Kier molecular flexibility index (Phi) is 1.75. The van der Waals surface area contributed by atoms with Gasteiger partial charge in [0.2, 0.25) is 0 Å². The summed E-state index contributed by atoms with van der Waals surface area (Å²) in [6, 6.07) is -0.278. The van der Waals surface area contributed by atoms with Gasteiger partial charge in [0.05, 0.1) is 5.88 Å². The molecule has 0 bridgehead atoms. The maximum atomic E-state index is 11.5. The molecule has 2 aliphatic heterocycles. The lowest BCUT2D eigenvalue weighted by molar-refractivity contribution is -0.127. The number of rotatable bonds is 1. The van der Waals surface area contributed by atoms with E-state index in [0.717, 1.165) is 5.75 Å². The Morgan fingerprint density at radius 1 is 1.58 bits per heavy atom. The van der Waals surface area contributed by atoms with Gasteiger partial charge < -0.3 is 4.90 Å². The zero-order valence-electron chi connectivity index (χ0n) is 6.82. The molecule has 0 aliphatic carbocycles. The number of thioether (sulfide) groups is 1. The van der Waals surface area contributed by atoms with E-state index in [1.807, 2.05) is 6.92 Å². The number of likely N-dealkylation sites (N-methyl/N-ethyl adjacent to an activating group) is 1. The first-order valence-electron chi connectivity index (χ1n) is 3.95. The highest BCUT2D eigenvalue weighted by molar-refractivity contribution is 7.99. The van der Waals surface area contributed by atoms with E-state index in [-0.39, 0.29) is 18.0 Å². The Morgan fingerprint density at radius 3 is 2.92 bits per heavy atom. The van der Waals surface area contributed by atoms with Crippen LogP contribution < -0.4 is 0 Å². The van der Waals surface area contributed by atoms with Crippen LogP contribution >= 0.6 is 11.8 Å². The van der Waals surface area contributed by atoms with Gasteiger partial charge in [-0.05, 0) is 6.92 Å². The van der Waals surface area contributed by atoms with Crippen LogP contribution in [0.3, 0.4) is 0 Å². The summed E-state index contributed by atoms with van der Waals surface area (Å²) >= 11 is 1.64. The summed E-state index contributed by atoms with van der Waals surface area (Å²) in [6.45, 7) is 2.32. The van der Waals surface area contributed by atoms with Gasteiger partial charge in [-0.3, -0.25) is 9.69 Å². The van der Waals surface area contributed by atoms with E-state index in [1.165, 1.54) is 4.90 Å². The van der Waals surface area contributed by atoms with Crippen molar-refractivity contribution in [3.63, 3.8) is 0 Å². The van der Waals surface area contributed by atoms with Gasteiger partial charge in [0.1, 0.15) is 6.04 Å². The van der Waals surface area contributed by atoms with Crippen LogP contribution in [0.1, 0.15) is 6.92 Å². The van der Waals surface area contributed by atoms with Crippen LogP contribution in [0.2, 0.25) is 0 Å². The molecule has 0 N–H and O–H groups in total. The van der Waals surface area contributed by atoms with Gasteiger partial charge in [-0.1, -0.05) is 0 Å². The largest absolute Gasteiger partial charge is 0.328 e. The predicted octanol–water partition coefficient (Wildman–Crippen LogP) is 0.343. The Labute approximate surface area is 74.9 Å². The zero-order chi connectivity index (χ0) is 8.72. The number of nitrogens with zero attached hydrogens (tertiary/aromatic N) is 2. The topological polar surface area (TPSA) is 40.6 Å². The molecule has 3 amide bonds. The second-order valence-electron chi connectivity index (χ2n) is 2.85. The van der Waals surface area contributed by atoms with Crippen LogP contribution in [0.15, 0.2) is 0 Å². The van der Waals surface area contributed by atoms with Crippen LogP contribution in [0, 0.1) is 0 Å². The van der Waals surface area contributed by atoms with E-state index in [0.29, 0.717) is 12.4 Å². The molecule has 2 aliphatic rings. The Bertz CT molecular complexity index is 222. The van der Waals surface area contributed by atoms with Crippen molar-refractivity contribution in [3.05, 3.63) is 0 Å². The SMILES string of the molecule is CCN1C(=O)[C@@H]2CSCN2C1=O. The molecule has 12 heavy (non-hydrogen) atoms. The Morgan fingerprint density at radius 2 is 2.33 bits per heavy atom. The molecule has 0 radical (unpaired) electrons. The van der Waals surface area contributed by atoms with Crippen LogP contribution in [-0.4, -0.2) is 46.0 Å². The van der Waals surface area contributed by atoms with Crippen molar-refractivity contribution in [1.29, 1.82) is 0 Å². The average Bonchev–Trinajstić information content (AvgIpc) is 2.58. The first kappa shape index (κ1) is 7.91. The molecule has 2 heterocycles. The molecule has 0 unspecified atom stereocenters. The molecule has 5 heteroatoms. The maximum Gasteiger partial charge on any atom is 0.328 e. The van der Waals surface area contributed by atoms with E-state index in [9.17, 15) is 9.59 Å². The summed E-state index contributed by atoms with van der Waals surface area (Å²) in [5.74, 6) is 1.42. The Balaban J connectivity index is 2.25. The third-order valence-corrected chi connectivity index (χ3v) is 3.24. The summed E-state index contributed by atoms with van der Waals surface area (Å²) in [4.78, 5) is 25.9. The quantitative estimate of drug-likeness (QED) is 0.555. The number of amides is 3. The second kappa shape index (κ2) is 2.65. The van der Waals surface area contributed by atoms with Gasteiger partial charge in [0.25, 0.3) is 5.91 Å². The van der Waals surface area contributed by atoms with Crippen LogP contribution in [0.4, 0.5) is 4.79 Å². The number of carbonyl (C=O) groups excluding carboxylic acids is 2. The Hall–Kier alpha value is -0.710. The van der Waals surface area contributed by atoms with E-state index in [2.05, 4.69) is 0 Å². The minimum Gasteiger partial charge on any atom is -0.302 e. The normalized spacial score (nSPS) is 28.6.